The molecule has 128 valence electrons. The molecule has 1 N–H and O–H groups in total. The molecule has 0 aromatic heterocycles. The summed E-state index contributed by atoms with van der Waals surface area (Å²) >= 11 is 1.42. The van der Waals surface area contributed by atoms with Crippen LogP contribution in [0.15, 0.2) is 46.2 Å². The van der Waals surface area contributed by atoms with Crippen molar-refractivity contribution >= 4 is 35.4 Å². The average molecular weight is 355 g/mol. The summed E-state index contributed by atoms with van der Waals surface area (Å²) in [7, 11) is 1.51. The van der Waals surface area contributed by atoms with Gasteiger partial charge in [0.25, 0.3) is 5.91 Å². The third-order valence-corrected chi connectivity index (χ3v) is 4.70. The fourth-order valence-electron chi connectivity index (χ4n) is 2.53. The number of ether oxygens (including phenoxy) is 2. The lowest BCUT2D eigenvalue weighted by atomic mass is 10.1. The average Bonchev–Trinajstić information content (AvgIpc) is 2.57. The van der Waals surface area contributed by atoms with Gasteiger partial charge in [-0.2, -0.15) is 0 Å². The Morgan fingerprint density at radius 3 is 2.72 bits per heavy atom. The van der Waals surface area contributed by atoms with Gasteiger partial charge in [0.2, 0.25) is 0 Å². The van der Waals surface area contributed by atoms with Crippen molar-refractivity contribution in [3.05, 3.63) is 52.4 Å². The van der Waals surface area contributed by atoms with Crippen molar-refractivity contribution in [3.63, 3.8) is 0 Å². The largest absolute Gasteiger partial charge is 0.493 e. The molecule has 0 saturated carbocycles. The van der Waals surface area contributed by atoms with Crippen LogP contribution in [-0.2, 0) is 9.59 Å². The Morgan fingerprint density at radius 2 is 2.00 bits per heavy atom. The van der Waals surface area contributed by atoms with Crippen molar-refractivity contribution in [2.45, 2.75) is 18.7 Å². The smallest absolute Gasteiger partial charge is 0.308 e. The Kier molecular flexibility index (Phi) is 4.81. The van der Waals surface area contributed by atoms with E-state index >= 15 is 0 Å². The molecule has 0 bridgehead atoms. The Bertz CT molecular complexity index is 889. The molecule has 0 spiro atoms. The minimum absolute atomic E-state index is 0.149. The second kappa shape index (κ2) is 7.03. The van der Waals surface area contributed by atoms with Crippen LogP contribution in [0.1, 0.15) is 18.1 Å². The van der Waals surface area contributed by atoms with Crippen molar-refractivity contribution in [2.75, 3.05) is 12.4 Å². The number of carbonyl (C=O) groups excluding carboxylic acids is 2. The molecule has 1 aliphatic rings. The first kappa shape index (κ1) is 17.1. The van der Waals surface area contributed by atoms with E-state index < -0.39 is 5.97 Å². The number of anilines is 1. The lowest BCUT2D eigenvalue weighted by molar-refractivity contribution is -0.132. The van der Waals surface area contributed by atoms with Gasteiger partial charge in [-0.1, -0.05) is 23.9 Å². The van der Waals surface area contributed by atoms with Crippen LogP contribution in [0.25, 0.3) is 6.08 Å². The lowest BCUT2D eigenvalue weighted by Gasteiger charge is -2.18. The molecule has 25 heavy (non-hydrogen) atoms. The maximum absolute atomic E-state index is 12.3. The summed E-state index contributed by atoms with van der Waals surface area (Å²) in [5, 5.41) is 2.88. The SMILES string of the molecule is COc1cc(C=C2Sc3ccccc3NC2=O)cc(C)c1OC(C)=O. The number of para-hydroxylation sites is 1. The first-order chi connectivity index (χ1) is 12.0. The molecule has 0 saturated heterocycles. The highest BCUT2D eigenvalue weighted by atomic mass is 32.2. The molecule has 5 nitrogen and oxygen atoms in total. The van der Waals surface area contributed by atoms with Crippen LogP contribution in [0.3, 0.4) is 0 Å². The highest BCUT2D eigenvalue weighted by Gasteiger charge is 2.21. The molecule has 3 rings (SSSR count). The van der Waals surface area contributed by atoms with E-state index in [0.29, 0.717) is 16.4 Å². The minimum Gasteiger partial charge on any atom is -0.493 e. The molecule has 2 aromatic rings. The predicted octanol–water partition coefficient (Wildman–Crippen LogP) is 4.01. The van der Waals surface area contributed by atoms with Crippen molar-refractivity contribution < 1.29 is 19.1 Å². The first-order valence-corrected chi connectivity index (χ1v) is 8.46. The Labute approximate surface area is 150 Å². The highest BCUT2D eigenvalue weighted by Crippen LogP contribution is 2.40. The van der Waals surface area contributed by atoms with Crippen LogP contribution < -0.4 is 14.8 Å². The van der Waals surface area contributed by atoms with Crippen molar-refractivity contribution in [3.8, 4) is 11.5 Å². The van der Waals surface area contributed by atoms with Gasteiger partial charge in [-0.15, -0.1) is 0 Å². The van der Waals surface area contributed by atoms with Gasteiger partial charge < -0.3 is 14.8 Å². The number of aryl methyl sites for hydroxylation is 1. The van der Waals surface area contributed by atoms with E-state index in [0.717, 1.165) is 21.7 Å². The van der Waals surface area contributed by atoms with Crippen LogP contribution in [0, 0.1) is 6.92 Å². The molecule has 6 heteroatoms. The summed E-state index contributed by atoms with van der Waals surface area (Å²) in [5.74, 6) is 0.280. The van der Waals surface area contributed by atoms with Crippen LogP contribution >= 0.6 is 11.8 Å². The number of nitrogens with one attached hydrogen (secondary N) is 1. The molecule has 1 heterocycles. The topological polar surface area (TPSA) is 64.6 Å². The fourth-order valence-corrected chi connectivity index (χ4v) is 3.48. The summed E-state index contributed by atoms with van der Waals surface area (Å²) in [6, 6.07) is 11.2. The molecule has 0 radical (unpaired) electrons. The van der Waals surface area contributed by atoms with Gasteiger partial charge in [-0.25, -0.2) is 0 Å². The van der Waals surface area contributed by atoms with E-state index in [4.69, 9.17) is 9.47 Å². The van der Waals surface area contributed by atoms with Crippen LogP contribution in [0.2, 0.25) is 0 Å². The Morgan fingerprint density at radius 1 is 1.24 bits per heavy atom. The van der Waals surface area contributed by atoms with Gasteiger partial charge in [0.1, 0.15) is 0 Å². The third-order valence-electron chi connectivity index (χ3n) is 3.61. The molecule has 1 aliphatic heterocycles. The number of hydrogen-bond donors (Lipinski definition) is 1. The van der Waals surface area contributed by atoms with Crippen LogP contribution in [0.5, 0.6) is 11.5 Å². The van der Waals surface area contributed by atoms with E-state index in [2.05, 4.69) is 5.32 Å². The summed E-state index contributed by atoms with van der Waals surface area (Å²) in [6.45, 7) is 3.17. The predicted molar refractivity (Wildman–Crippen MR) is 97.9 cm³/mol. The quantitative estimate of drug-likeness (QED) is 0.512. The zero-order valence-corrected chi connectivity index (χ0v) is 14.9. The number of hydrogen-bond acceptors (Lipinski definition) is 5. The summed E-state index contributed by atoms with van der Waals surface area (Å²) in [4.78, 5) is 25.1. The van der Waals surface area contributed by atoms with E-state index in [-0.39, 0.29) is 5.91 Å². The number of rotatable bonds is 3. The summed E-state index contributed by atoms with van der Waals surface area (Å²) in [5.41, 5.74) is 2.36. The van der Waals surface area contributed by atoms with E-state index in [9.17, 15) is 9.59 Å². The number of benzene rings is 2. The lowest BCUT2D eigenvalue weighted by Crippen LogP contribution is -2.17. The monoisotopic (exact) mass is 355 g/mol. The van der Waals surface area contributed by atoms with E-state index in [1.165, 1.54) is 25.8 Å². The number of amides is 1. The van der Waals surface area contributed by atoms with E-state index in [1.807, 2.05) is 37.3 Å². The van der Waals surface area contributed by atoms with Crippen molar-refractivity contribution in [2.24, 2.45) is 0 Å². The molecular formula is C19H17NO4S. The fraction of sp³-hybridized carbons (Fsp3) is 0.158. The second-order valence-corrected chi connectivity index (χ2v) is 6.61. The minimum atomic E-state index is -0.411. The number of thioether (sulfide) groups is 1. The van der Waals surface area contributed by atoms with Gasteiger partial charge in [-0.3, -0.25) is 9.59 Å². The standard InChI is InChI=1S/C19H17NO4S/c1-11-8-13(9-15(23-3)18(11)24-12(2)21)10-17-19(22)20-14-6-4-5-7-16(14)25-17/h4-10H,1-3H3,(H,20,22). The second-order valence-electron chi connectivity index (χ2n) is 5.52. The maximum Gasteiger partial charge on any atom is 0.308 e. The Hall–Kier alpha value is -2.73. The maximum atomic E-state index is 12.3. The molecular weight excluding hydrogens is 338 g/mol. The van der Waals surface area contributed by atoms with Gasteiger partial charge in [-0.05, 0) is 48.4 Å². The third kappa shape index (κ3) is 3.69. The number of esters is 1. The number of fused-ring (bicyclic) bond motifs is 1. The summed E-state index contributed by atoms with van der Waals surface area (Å²) < 4.78 is 10.5. The molecule has 2 aromatic carbocycles. The zero-order valence-electron chi connectivity index (χ0n) is 14.1. The van der Waals surface area contributed by atoms with Crippen molar-refractivity contribution in [1.29, 1.82) is 0 Å². The first-order valence-electron chi connectivity index (χ1n) is 7.65. The zero-order chi connectivity index (χ0) is 18.0. The summed E-state index contributed by atoms with van der Waals surface area (Å²) in [6.07, 6.45) is 1.79. The highest BCUT2D eigenvalue weighted by molar-refractivity contribution is 8.04. The molecule has 0 aliphatic carbocycles. The van der Waals surface area contributed by atoms with Gasteiger partial charge >= 0.3 is 5.97 Å². The molecule has 0 fully saturated rings. The number of carbonyl (C=O) groups is 2. The van der Waals surface area contributed by atoms with E-state index in [1.54, 1.807) is 12.1 Å². The molecule has 0 unspecified atom stereocenters. The van der Waals surface area contributed by atoms with Gasteiger partial charge in [0.05, 0.1) is 17.7 Å². The van der Waals surface area contributed by atoms with Gasteiger partial charge in [0.15, 0.2) is 11.5 Å². The Balaban J connectivity index is 1.97. The van der Waals surface area contributed by atoms with Crippen LogP contribution in [-0.4, -0.2) is 19.0 Å². The molecule has 1 amide bonds. The molecule has 0 atom stereocenters. The van der Waals surface area contributed by atoms with Crippen LogP contribution in [0.4, 0.5) is 5.69 Å². The van der Waals surface area contributed by atoms with Crippen molar-refractivity contribution in [1.82, 2.24) is 0 Å². The van der Waals surface area contributed by atoms with Gasteiger partial charge in [0, 0.05) is 11.8 Å². The normalized spacial score (nSPS) is 14.7. The number of methoxy groups -OCH3 is 1.